The van der Waals surface area contributed by atoms with Crippen molar-refractivity contribution >= 4 is 42.9 Å². The van der Waals surface area contributed by atoms with Crippen LogP contribution in [-0.4, -0.2) is 67.6 Å². The number of benzene rings is 1. The van der Waals surface area contributed by atoms with Crippen molar-refractivity contribution < 1.29 is 21.6 Å². The molecule has 0 saturated carbocycles. The van der Waals surface area contributed by atoms with Crippen molar-refractivity contribution in [2.24, 2.45) is 5.92 Å². The van der Waals surface area contributed by atoms with E-state index in [0.29, 0.717) is 40.7 Å². The summed E-state index contributed by atoms with van der Waals surface area (Å²) in [6, 6.07) is 3.30. The summed E-state index contributed by atoms with van der Waals surface area (Å²) in [4.78, 5) is 20.9. The van der Waals surface area contributed by atoms with Gasteiger partial charge in [0.15, 0.2) is 0 Å². The third-order valence-electron chi connectivity index (χ3n) is 6.41. The van der Waals surface area contributed by atoms with E-state index in [0.717, 1.165) is 12.5 Å². The highest BCUT2D eigenvalue weighted by Gasteiger charge is 2.37. The van der Waals surface area contributed by atoms with Gasteiger partial charge in [0.1, 0.15) is 28.8 Å². The van der Waals surface area contributed by atoms with E-state index in [1.807, 2.05) is 6.92 Å². The van der Waals surface area contributed by atoms with E-state index in [1.165, 1.54) is 16.8 Å². The van der Waals surface area contributed by atoms with E-state index in [4.69, 9.17) is 0 Å². The standard InChI is InChI=1S/C23H22BrF3N8O2S/c1-13-10-35(38(2,36)37)8-5-15(13)32-22-30-9-14(23(25,26)27)20(33-22)17-11-34(12-31-17)18-4-3-16-21(19(18)24)29-7-6-28-16/h3-4,6-7,9,11-13,15H,5,8,10H2,1-2H3,(H,30,32,33). The average Bonchev–Trinajstić information content (AvgIpc) is 3.34. The van der Waals surface area contributed by atoms with Crippen molar-refractivity contribution in [3.63, 3.8) is 0 Å². The Kier molecular flexibility index (Phi) is 6.86. The number of halogens is 4. The van der Waals surface area contributed by atoms with Gasteiger partial charge in [0.25, 0.3) is 0 Å². The van der Waals surface area contributed by atoms with Crippen molar-refractivity contribution in [3.8, 4) is 17.1 Å². The third kappa shape index (κ3) is 5.22. The van der Waals surface area contributed by atoms with Gasteiger partial charge in [0, 0.05) is 43.9 Å². The molecule has 5 rings (SSSR count). The van der Waals surface area contributed by atoms with Crippen LogP contribution in [0.15, 0.2) is 47.7 Å². The summed E-state index contributed by atoms with van der Waals surface area (Å²) >= 11 is 3.51. The summed E-state index contributed by atoms with van der Waals surface area (Å²) in [5, 5.41) is 3.09. The molecule has 0 bridgehead atoms. The number of imidazole rings is 1. The van der Waals surface area contributed by atoms with Gasteiger partial charge in [0.2, 0.25) is 16.0 Å². The van der Waals surface area contributed by atoms with Crippen LogP contribution in [-0.2, 0) is 16.2 Å². The molecule has 1 aliphatic rings. The Hall–Kier alpha value is -3.17. The summed E-state index contributed by atoms with van der Waals surface area (Å²) in [5.74, 6) is -0.102. The van der Waals surface area contributed by atoms with E-state index in [1.54, 1.807) is 29.1 Å². The highest BCUT2D eigenvalue weighted by atomic mass is 79.9. The van der Waals surface area contributed by atoms with Gasteiger partial charge in [-0.05, 0) is 40.4 Å². The number of hydrogen-bond acceptors (Lipinski definition) is 8. The summed E-state index contributed by atoms with van der Waals surface area (Å²) < 4.78 is 69.0. The van der Waals surface area contributed by atoms with Crippen LogP contribution in [0, 0.1) is 5.92 Å². The van der Waals surface area contributed by atoms with Crippen LogP contribution in [0.1, 0.15) is 18.9 Å². The molecule has 4 heterocycles. The van der Waals surface area contributed by atoms with Crippen molar-refractivity contribution in [2.45, 2.75) is 25.6 Å². The van der Waals surface area contributed by atoms with E-state index in [9.17, 15) is 21.6 Å². The molecule has 2 atom stereocenters. The number of nitrogens with zero attached hydrogens (tertiary/aromatic N) is 7. The molecule has 4 aromatic rings. The largest absolute Gasteiger partial charge is 0.420 e. The Morgan fingerprint density at radius 3 is 2.61 bits per heavy atom. The minimum absolute atomic E-state index is 0.00821. The van der Waals surface area contributed by atoms with Gasteiger partial charge in [-0.2, -0.15) is 13.2 Å². The van der Waals surface area contributed by atoms with E-state index in [2.05, 4.69) is 46.2 Å². The molecule has 10 nitrogen and oxygen atoms in total. The first-order valence-electron chi connectivity index (χ1n) is 11.5. The molecule has 0 amide bonds. The van der Waals surface area contributed by atoms with Crippen LogP contribution in [0.3, 0.4) is 0 Å². The van der Waals surface area contributed by atoms with Crippen LogP contribution in [0.4, 0.5) is 19.1 Å². The molecule has 200 valence electrons. The molecule has 15 heteroatoms. The van der Waals surface area contributed by atoms with Gasteiger partial charge in [-0.25, -0.2) is 27.7 Å². The maximum Gasteiger partial charge on any atom is 0.420 e. The SMILES string of the molecule is CC1CN(S(C)(=O)=O)CCC1Nc1ncc(C(F)(F)F)c(-c2cn(-c3ccc4nccnc4c3Br)cn2)n1. The van der Waals surface area contributed by atoms with Gasteiger partial charge in [-0.1, -0.05) is 6.92 Å². The summed E-state index contributed by atoms with van der Waals surface area (Å²) in [6.45, 7) is 2.45. The van der Waals surface area contributed by atoms with Gasteiger partial charge in [-0.15, -0.1) is 0 Å². The Labute approximate surface area is 224 Å². The second kappa shape index (κ2) is 9.85. The molecule has 1 aliphatic heterocycles. The lowest BCUT2D eigenvalue weighted by Crippen LogP contribution is -2.47. The first-order chi connectivity index (χ1) is 17.9. The fraction of sp³-hybridized carbons (Fsp3) is 0.348. The molecule has 2 unspecified atom stereocenters. The predicted octanol–water partition coefficient (Wildman–Crippen LogP) is 4.14. The zero-order valence-corrected chi connectivity index (χ0v) is 22.6. The minimum atomic E-state index is -4.70. The van der Waals surface area contributed by atoms with Crippen molar-refractivity contribution in [1.82, 2.24) is 33.8 Å². The number of alkyl halides is 3. The smallest absolute Gasteiger partial charge is 0.351 e. The number of piperidine rings is 1. The van der Waals surface area contributed by atoms with Crippen molar-refractivity contribution in [3.05, 3.63) is 53.3 Å². The number of fused-ring (bicyclic) bond motifs is 1. The highest BCUT2D eigenvalue weighted by Crippen LogP contribution is 2.36. The van der Waals surface area contributed by atoms with E-state index < -0.39 is 21.8 Å². The normalized spacial score (nSPS) is 19.1. The molecule has 0 spiro atoms. The molecule has 0 radical (unpaired) electrons. The fourth-order valence-corrected chi connectivity index (χ4v) is 6.00. The second-order valence-corrected chi connectivity index (χ2v) is 11.9. The van der Waals surface area contributed by atoms with Crippen LogP contribution in [0.25, 0.3) is 28.1 Å². The number of aromatic nitrogens is 6. The molecular formula is C23H22BrF3N8O2S. The molecular weight excluding hydrogens is 589 g/mol. The zero-order valence-electron chi connectivity index (χ0n) is 20.2. The first kappa shape index (κ1) is 26.4. The second-order valence-electron chi connectivity index (χ2n) is 9.08. The molecule has 1 aromatic carbocycles. The van der Waals surface area contributed by atoms with Crippen LogP contribution in [0.2, 0.25) is 0 Å². The zero-order chi connectivity index (χ0) is 27.2. The lowest BCUT2D eigenvalue weighted by atomic mass is 9.95. The van der Waals surface area contributed by atoms with E-state index in [-0.39, 0.29) is 29.3 Å². The van der Waals surface area contributed by atoms with Crippen LogP contribution < -0.4 is 5.32 Å². The van der Waals surface area contributed by atoms with E-state index >= 15 is 0 Å². The number of sulfonamides is 1. The summed E-state index contributed by atoms with van der Waals surface area (Å²) in [6.07, 6.45) is 3.62. The van der Waals surface area contributed by atoms with Gasteiger partial charge < -0.3 is 9.88 Å². The number of anilines is 1. The maximum absolute atomic E-state index is 13.9. The molecule has 0 aliphatic carbocycles. The van der Waals surface area contributed by atoms with Crippen LogP contribution >= 0.6 is 15.9 Å². The third-order valence-corrected chi connectivity index (χ3v) is 8.46. The highest BCUT2D eigenvalue weighted by molar-refractivity contribution is 9.10. The number of rotatable bonds is 5. The van der Waals surface area contributed by atoms with Crippen molar-refractivity contribution in [2.75, 3.05) is 24.7 Å². The Bertz CT molecular complexity index is 1610. The first-order valence-corrected chi connectivity index (χ1v) is 14.2. The Morgan fingerprint density at radius 1 is 1.13 bits per heavy atom. The predicted molar refractivity (Wildman–Crippen MR) is 138 cm³/mol. The topological polar surface area (TPSA) is 119 Å². The molecule has 1 N–H and O–H groups in total. The Morgan fingerprint density at radius 2 is 1.89 bits per heavy atom. The number of nitrogens with one attached hydrogen (secondary N) is 1. The minimum Gasteiger partial charge on any atom is -0.351 e. The Balaban J connectivity index is 1.47. The summed E-state index contributed by atoms with van der Waals surface area (Å²) in [5.41, 5.74) is 0.494. The van der Waals surface area contributed by atoms with Crippen molar-refractivity contribution in [1.29, 1.82) is 0 Å². The van der Waals surface area contributed by atoms with Crippen LogP contribution in [0.5, 0.6) is 0 Å². The molecule has 3 aromatic heterocycles. The van der Waals surface area contributed by atoms with Gasteiger partial charge in [-0.3, -0.25) is 9.97 Å². The monoisotopic (exact) mass is 610 g/mol. The van der Waals surface area contributed by atoms with Gasteiger partial charge in [0.05, 0.1) is 21.9 Å². The lowest BCUT2D eigenvalue weighted by Gasteiger charge is -2.35. The molecule has 38 heavy (non-hydrogen) atoms. The molecule has 1 saturated heterocycles. The quantitative estimate of drug-likeness (QED) is 0.358. The molecule has 1 fully saturated rings. The lowest BCUT2D eigenvalue weighted by molar-refractivity contribution is -0.137. The number of hydrogen-bond donors (Lipinski definition) is 1. The van der Waals surface area contributed by atoms with Gasteiger partial charge >= 0.3 is 6.18 Å². The fourth-order valence-electron chi connectivity index (χ4n) is 4.41. The maximum atomic E-state index is 13.9. The average molecular weight is 611 g/mol. The summed E-state index contributed by atoms with van der Waals surface area (Å²) in [7, 11) is -3.33.